The Hall–Kier alpha value is -0.650. The van der Waals surface area contributed by atoms with Gasteiger partial charge in [0.05, 0.1) is 17.7 Å². The third-order valence-corrected chi connectivity index (χ3v) is 5.75. The van der Waals surface area contributed by atoms with Gasteiger partial charge in [0.1, 0.15) is 0 Å². The molecule has 1 saturated heterocycles. The van der Waals surface area contributed by atoms with E-state index >= 15 is 0 Å². The van der Waals surface area contributed by atoms with Gasteiger partial charge in [0.15, 0.2) is 0 Å². The smallest absolute Gasteiger partial charge is 0.239 e. The molecule has 0 aromatic rings. The molecule has 5 nitrogen and oxygen atoms in total. The van der Waals surface area contributed by atoms with E-state index in [0.29, 0.717) is 6.54 Å². The molecule has 1 amide bonds. The van der Waals surface area contributed by atoms with E-state index in [1.807, 2.05) is 6.92 Å². The molecule has 2 aliphatic rings. The van der Waals surface area contributed by atoms with Gasteiger partial charge in [-0.05, 0) is 40.0 Å². The number of ether oxygens (including phenoxy) is 1. The van der Waals surface area contributed by atoms with Crippen LogP contribution >= 0.6 is 0 Å². The first-order valence-electron chi connectivity index (χ1n) is 9.67. The third kappa shape index (κ3) is 4.70. The summed E-state index contributed by atoms with van der Waals surface area (Å²) >= 11 is 0. The zero-order chi connectivity index (χ0) is 17.8. The second-order valence-corrected chi connectivity index (χ2v) is 8.66. The molecular weight excluding hydrogens is 302 g/mol. The lowest BCUT2D eigenvalue weighted by molar-refractivity contribution is -0.132. The van der Waals surface area contributed by atoms with E-state index in [0.717, 1.165) is 45.4 Å². The first-order chi connectivity index (χ1) is 11.2. The standard InChI is InChI=1S/C19H37N3O2/c1-5-9-18(4,20)16(23)21-14-19(10-7-6-8-11-19)22-12-13-24-17(2,3)15-22/h5-15,20H2,1-4H3,(H,21,23). The number of hydrogen-bond acceptors (Lipinski definition) is 4. The molecule has 2 rings (SSSR count). The van der Waals surface area contributed by atoms with Gasteiger partial charge in [0.2, 0.25) is 5.91 Å². The lowest BCUT2D eigenvalue weighted by atomic mass is 9.79. The summed E-state index contributed by atoms with van der Waals surface area (Å²) in [5, 5.41) is 3.20. The van der Waals surface area contributed by atoms with Gasteiger partial charge >= 0.3 is 0 Å². The van der Waals surface area contributed by atoms with E-state index in [-0.39, 0.29) is 17.0 Å². The molecule has 1 atom stereocenters. The summed E-state index contributed by atoms with van der Waals surface area (Å²) in [5.41, 5.74) is 5.39. The van der Waals surface area contributed by atoms with Crippen molar-refractivity contribution in [3.05, 3.63) is 0 Å². The van der Waals surface area contributed by atoms with Crippen molar-refractivity contribution in [2.75, 3.05) is 26.2 Å². The van der Waals surface area contributed by atoms with Crippen molar-refractivity contribution in [3.63, 3.8) is 0 Å². The minimum Gasteiger partial charge on any atom is -0.373 e. The van der Waals surface area contributed by atoms with Crippen molar-refractivity contribution >= 4 is 5.91 Å². The molecule has 140 valence electrons. The Morgan fingerprint density at radius 1 is 1.29 bits per heavy atom. The Bertz CT molecular complexity index is 428. The Kier molecular flexibility index (Phi) is 6.32. The molecule has 1 heterocycles. The summed E-state index contributed by atoms with van der Waals surface area (Å²) in [6.07, 6.45) is 7.72. The van der Waals surface area contributed by atoms with Crippen molar-refractivity contribution in [2.45, 2.75) is 89.3 Å². The van der Waals surface area contributed by atoms with Crippen molar-refractivity contribution in [3.8, 4) is 0 Å². The van der Waals surface area contributed by atoms with Crippen LogP contribution in [-0.2, 0) is 9.53 Å². The van der Waals surface area contributed by atoms with Crippen LogP contribution in [0.5, 0.6) is 0 Å². The SMILES string of the molecule is CCCC(C)(N)C(=O)NCC1(N2CCOC(C)(C)C2)CCCCC1. The molecule has 1 aliphatic carbocycles. The maximum absolute atomic E-state index is 12.6. The number of nitrogens with two attached hydrogens (primary N) is 1. The molecule has 24 heavy (non-hydrogen) atoms. The maximum Gasteiger partial charge on any atom is 0.239 e. The van der Waals surface area contributed by atoms with Crippen LogP contribution in [0.4, 0.5) is 0 Å². The number of morpholine rings is 1. The molecular formula is C19H37N3O2. The molecule has 0 bridgehead atoms. The van der Waals surface area contributed by atoms with Crippen LogP contribution in [-0.4, -0.2) is 53.7 Å². The molecule has 2 fully saturated rings. The van der Waals surface area contributed by atoms with Gasteiger partial charge in [0.25, 0.3) is 0 Å². The molecule has 0 spiro atoms. The summed E-state index contributed by atoms with van der Waals surface area (Å²) in [6, 6.07) is 0. The number of amides is 1. The lowest BCUT2D eigenvalue weighted by Crippen LogP contribution is -2.64. The fourth-order valence-electron chi connectivity index (χ4n) is 4.32. The molecule has 3 N–H and O–H groups in total. The maximum atomic E-state index is 12.6. The van der Waals surface area contributed by atoms with Gasteiger partial charge in [-0.3, -0.25) is 9.69 Å². The minimum atomic E-state index is -0.769. The number of hydrogen-bond donors (Lipinski definition) is 2. The van der Waals surface area contributed by atoms with Gasteiger partial charge in [-0.2, -0.15) is 0 Å². The summed E-state index contributed by atoms with van der Waals surface area (Å²) in [6.45, 7) is 11.6. The zero-order valence-corrected chi connectivity index (χ0v) is 16.1. The highest BCUT2D eigenvalue weighted by Gasteiger charge is 2.43. The molecule has 1 saturated carbocycles. The minimum absolute atomic E-state index is 0.0122. The fourth-order valence-corrected chi connectivity index (χ4v) is 4.32. The van der Waals surface area contributed by atoms with Crippen LogP contribution in [0.2, 0.25) is 0 Å². The second-order valence-electron chi connectivity index (χ2n) is 8.66. The van der Waals surface area contributed by atoms with Gasteiger partial charge in [0, 0.05) is 25.2 Å². The summed E-state index contributed by atoms with van der Waals surface area (Å²) in [4.78, 5) is 15.1. The number of nitrogens with one attached hydrogen (secondary N) is 1. The molecule has 1 aliphatic heterocycles. The van der Waals surface area contributed by atoms with E-state index in [2.05, 4.69) is 31.0 Å². The topological polar surface area (TPSA) is 67.6 Å². The number of nitrogens with zero attached hydrogens (tertiary/aromatic N) is 1. The van der Waals surface area contributed by atoms with Crippen LogP contribution in [0.15, 0.2) is 0 Å². The van der Waals surface area contributed by atoms with Crippen LogP contribution in [0, 0.1) is 0 Å². The van der Waals surface area contributed by atoms with Crippen LogP contribution in [0.3, 0.4) is 0 Å². The number of carbonyl (C=O) groups excluding carboxylic acids is 1. The van der Waals surface area contributed by atoms with Gasteiger partial charge in [-0.25, -0.2) is 0 Å². The van der Waals surface area contributed by atoms with Gasteiger partial charge in [-0.15, -0.1) is 0 Å². The van der Waals surface area contributed by atoms with E-state index in [9.17, 15) is 4.79 Å². The molecule has 1 unspecified atom stereocenters. The number of carbonyl (C=O) groups is 1. The largest absolute Gasteiger partial charge is 0.373 e. The van der Waals surface area contributed by atoms with Crippen LogP contribution in [0.25, 0.3) is 0 Å². The quantitative estimate of drug-likeness (QED) is 0.780. The molecule has 0 aromatic heterocycles. The van der Waals surface area contributed by atoms with E-state index in [4.69, 9.17) is 10.5 Å². The first kappa shape index (κ1) is 19.7. The highest BCUT2D eigenvalue weighted by atomic mass is 16.5. The Labute approximate surface area is 147 Å². The lowest BCUT2D eigenvalue weighted by Gasteiger charge is -2.51. The van der Waals surface area contributed by atoms with E-state index < -0.39 is 5.54 Å². The summed E-state index contributed by atoms with van der Waals surface area (Å²) in [5.74, 6) is -0.0122. The van der Waals surface area contributed by atoms with Crippen LogP contribution < -0.4 is 11.1 Å². The van der Waals surface area contributed by atoms with Crippen molar-refractivity contribution in [2.24, 2.45) is 5.73 Å². The van der Waals surface area contributed by atoms with Gasteiger partial charge in [-0.1, -0.05) is 32.6 Å². The van der Waals surface area contributed by atoms with Crippen molar-refractivity contribution < 1.29 is 9.53 Å². The first-order valence-corrected chi connectivity index (χ1v) is 9.67. The molecule has 5 heteroatoms. The number of rotatable bonds is 6. The highest BCUT2D eigenvalue weighted by Crippen LogP contribution is 2.36. The Morgan fingerprint density at radius 2 is 1.96 bits per heavy atom. The average Bonchev–Trinajstić information content (AvgIpc) is 2.52. The highest BCUT2D eigenvalue weighted by molar-refractivity contribution is 5.85. The Balaban J connectivity index is 2.06. The average molecular weight is 340 g/mol. The van der Waals surface area contributed by atoms with Crippen molar-refractivity contribution in [1.82, 2.24) is 10.2 Å². The van der Waals surface area contributed by atoms with E-state index in [1.54, 1.807) is 0 Å². The Morgan fingerprint density at radius 3 is 2.54 bits per heavy atom. The zero-order valence-electron chi connectivity index (χ0n) is 16.1. The fraction of sp³-hybridized carbons (Fsp3) is 0.947. The van der Waals surface area contributed by atoms with Crippen molar-refractivity contribution in [1.29, 1.82) is 0 Å². The van der Waals surface area contributed by atoms with E-state index in [1.165, 1.54) is 19.3 Å². The normalized spacial score (nSPS) is 26.5. The summed E-state index contributed by atoms with van der Waals surface area (Å²) < 4.78 is 5.89. The molecule has 0 radical (unpaired) electrons. The molecule has 0 aromatic carbocycles. The predicted molar refractivity (Wildman–Crippen MR) is 97.9 cm³/mol. The predicted octanol–water partition coefficient (Wildman–Crippen LogP) is 2.43. The third-order valence-electron chi connectivity index (χ3n) is 5.75. The summed E-state index contributed by atoms with van der Waals surface area (Å²) in [7, 11) is 0. The monoisotopic (exact) mass is 339 g/mol. The second kappa shape index (κ2) is 7.71. The van der Waals surface area contributed by atoms with Gasteiger partial charge < -0.3 is 15.8 Å². The van der Waals surface area contributed by atoms with Crippen LogP contribution in [0.1, 0.15) is 72.6 Å².